The second kappa shape index (κ2) is 10.5. The lowest BCUT2D eigenvalue weighted by atomic mass is 10.1. The van der Waals surface area contributed by atoms with Crippen molar-refractivity contribution in [2.75, 3.05) is 0 Å². The van der Waals surface area contributed by atoms with Crippen molar-refractivity contribution in [2.24, 2.45) is 0 Å². The first kappa shape index (κ1) is 23.4. The maximum atomic E-state index is 13.0. The molecule has 0 atom stereocenters. The van der Waals surface area contributed by atoms with Gasteiger partial charge in [0, 0.05) is 47.6 Å². The maximum Gasteiger partial charge on any atom is 0.196 e. The Kier molecular flexibility index (Phi) is 7.23. The van der Waals surface area contributed by atoms with Gasteiger partial charge in [-0.05, 0) is 17.2 Å². The molecule has 0 aliphatic rings. The zero-order valence-corrected chi connectivity index (χ0v) is 19.1. The van der Waals surface area contributed by atoms with Crippen LogP contribution in [-0.4, -0.2) is 10.1 Å². The van der Waals surface area contributed by atoms with Crippen LogP contribution in [0.2, 0.25) is 0 Å². The van der Waals surface area contributed by atoms with E-state index in [0.717, 1.165) is 11.1 Å². The Hall–Kier alpha value is -3.71. The van der Waals surface area contributed by atoms with Crippen molar-refractivity contribution >= 4 is 11.0 Å². The lowest BCUT2D eigenvalue weighted by Gasteiger charge is -2.15. The summed E-state index contributed by atoms with van der Waals surface area (Å²) in [5.74, 6) is 1.34. The lowest BCUT2D eigenvalue weighted by molar-refractivity contribution is 0.268. The highest BCUT2D eigenvalue weighted by Crippen LogP contribution is 2.32. The zero-order chi connectivity index (χ0) is 24.1. The smallest absolute Gasteiger partial charge is 0.196 e. The van der Waals surface area contributed by atoms with Crippen LogP contribution in [0.4, 0.5) is 4.39 Å². The van der Waals surface area contributed by atoms with Crippen molar-refractivity contribution in [1.82, 2.24) is 4.98 Å². The Morgan fingerprint density at radius 2 is 1.76 bits per heavy atom. The van der Waals surface area contributed by atoms with Gasteiger partial charge in [0.2, 0.25) is 0 Å². The van der Waals surface area contributed by atoms with E-state index in [-0.39, 0.29) is 31.2 Å². The standard InChI is InChI=1S/C27H26FNO5/c1-17(2)24-10-23(31)27-25(33-16-21-6-4-3-5-20(21)14-30)8-22(9-26(27)34-24)32-15-19-7-18(11-28)12-29-13-19/h3-10,12-13,17,30H,11,14-16H2,1-2H3. The van der Waals surface area contributed by atoms with Crippen molar-refractivity contribution in [3.8, 4) is 11.5 Å². The summed E-state index contributed by atoms with van der Waals surface area (Å²) < 4.78 is 30.9. The number of aliphatic hydroxyl groups excluding tert-OH is 1. The average molecular weight is 464 g/mol. The van der Waals surface area contributed by atoms with E-state index in [2.05, 4.69) is 4.98 Å². The van der Waals surface area contributed by atoms with Crippen molar-refractivity contribution in [3.63, 3.8) is 0 Å². The van der Waals surface area contributed by atoms with Gasteiger partial charge in [0.25, 0.3) is 0 Å². The van der Waals surface area contributed by atoms with Crippen LogP contribution in [0.1, 0.15) is 47.8 Å². The summed E-state index contributed by atoms with van der Waals surface area (Å²) in [4.78, 5) is 17.0. The molecule has 0 spiro atoms. The molecule has 0 radical (unpaired) electrons. The van der Waals surface area contributed by atoms with E-state index in [1.165, 1.54) is 12.3 Å². The predicted molar refractivity (Wildman–Crippen MR) is 127 cm³/mol. The van der Waals surface area contributed by atoms with Crippen molar-refractivity contribution in [2.45, 2.75) is 46.3 Å². The van der Waals surface area contributed by atoms with Gasteiger partial charge in [-0.2, -0.15) is 0 Å². The molecular weight excluding hydrogens is 437 g/mol. The third-order valence-corrected chi connectivity index (χ3v) is 5.44. The third kappa shape index (κ3) is 5.26. The minimum absolute atomic E-state index is 0.0250. The van der Waals surface area contributed by atoms with E-state index in [1.807, 2.05) is 38.1 Å². The van der Waals surface area contributed by atoms with Gasteiger partial charge in [-0.1, -0.05) is 38.1 Å². The van der Waals surface area contributed by atoms with Crippen LogP contribution in [0, 0.1) is 0 Å². The second-order valence-corrected chi connectivity index (χ2v) is 8.30. The van der Waals surface area contributed by atoms with Crippen molar-refractivity contribution in [1.29, 1.82) is 0 Å². The summed E-state index contributed by atoms with van der Waals surface area (Å²) in [5.41, 5.74) is 2.89. The summed E-state index contributed by atoms with van der Waals surface area (Å²) in [7, 11) is 0. The SMILES string of the molecule is CC(C)c1cc(=O)c2c(OCc3ccccc3CO)cc(OCc3cncc(CF)c3)cc2o1. The van der Waals surface area contributed by atoms with Gasteiger partial charge in [-0.25, -0.2) is 4.39 Å². The maximum absolute atomic E-state index is 13.0. The monoisotopic (exact) mass is 463 g/mol. The molecule has 0 unspecified atom stereocenters. The molecule has 0 saturated heterocycles. The van der Waals surface area contributed by atoms with Crippen LogP contribution in [0.3, 0.4) is 0 Å². The number of rotatable bonds is 9. The molecule has 34 heavy (non-hydrogen) atoms. The summed E-state index contributed by atoms with van der Waals surface area (Å²) >= 11 is 0. The molecule has 0 aliphatic carbocycles. The van der Waals surface area contributed by atoms with E-state index in [4.69, 9.17) is 13.9 Å². The van der Waals surface area contributed by atoms with Gasteiger partial charge in [-0.15, -0.1) is 0 Å². The molecule has 2 heterocycles. The molecule has 6 nitrogen and oxygen atoms in total. The molecule has 2 aromatic heterocycles. The number of halogens is 1. The molecule has 2 aromatic carbocycles. The summed E-state index contributed by atoms with van der Waals surface area (Å²) in [6, 6.07) is 13.8. The fourth-order valence-electron chi connectivity index (χ4n) is 3.60. The highest BCUT2D eigenvalue weighted by Gasteiger charge is 2.16. The van der Waals surface area contributed by atoms with Crippen LogP contribution in [0.25, 0.3) is 11.0 Å². The fourth-order valence-corrected chi connectivity index (χ4v) is 3.60. The molecule has 0 fully saturated rings. The molecule has 176 valence electrons. The number of pyridine rings is 1. The predicted octanol–water partition coefficient (Wildman–Crippen LogP) is 5.43. The lowest BCUT2D eigenvalue weighted by Crippen LogP contribution is -2.08. The second-order valence-electron chi connectivity index (χ2n) is 8.30. The molecule has 4 aromatic rings. The van der Waals surface area contributed by atoms with Crippen LogP contribution in [-0.2, 0) is 26.5 Å². The number of alkyl halides is 1. The fraction of sp³-hybridized carbons (Fsp3) is 0.259. The van der Waals surface area contributed by atoms with Crippen LogP contribution >= 0.6 is 0 Å². The highest BCUT2D eigenvalue weighted by molar-refractivity contribution is 5.85. The van der Waals surface area contributed by atoms with Crippen molar-refractivity contribution in [3.05, 3.63) is 99.2 Å². The number of hydrogen-bond acceptors (Lipinski definition) is 6. The molecule has 4 rings (SSSR count). The Balaban J connectivity index is 1.70. The Morgan fingerprint density at radius 3 is 2.50 bits per heavy atom. The largest absolute Gasteiger partial charge is 0.489 e. The van der Waals surface area contributed by atoms with E-state index in [1.54, 1.807) is 24.4 Å². The molecule has 7 heteroatoms. The summed E-state index contributed by atoms with van der Waals surface area (Å²) in [5, 5.41) is 9.92. The summed E-state index contributed by atoms with van der Waals surface area (Å²) in [6.45, 7) is 3.48. The Morgan fingerprint density at radius 1 is 1.00 bits per heavy atom. The van der Waals surface area contributed by atoms with Gasteiger partial charge in [-0.3, -0.25) is 9.78 Å². The first-order valence-corrected chi connectivity index (χ1v) is 11.0. The van der Waals surface area contributed by atoms with Crippen molar-refractivity contribution < 1.29 is 23.4 Å². The minimum atomic E-state index is -0.604. The van der Waals surface area contributed by atoms with Crippen LogP contribution in [0.5, 0.6) is 11.5 Å². The van der Waals surface area contributed by atoms with Gasteiger partial charge >= 0.3 is 0 Å². The third-order valence-electron chi connectivity index (χ3n) is 5.44. The van der Waals surface area contributed by atoms with E-state index in [0.29, 0.717) is 39.4 Å². The summed E-state index contributed by atoms with van der Waals surface area (Å²) in [6.07, 6.45) is 3.08. The van der Waals surface area contributed by atoms with Gasteiger partial charge < -0.3 is 19.0 Å². The number of nitrogens with zero attached hydrogens (tertiary/aromatic N) is 1. The van der Waals surface area contributed by atoms with Gasteiger partial charge in [0.05, 0.1) is 6.61 Å². The molecular formula is C27H26FNO5. The Labute approximate surface area is 196 Å². The normalized spacial score (nSPS) is 11.2. The molecule has 0 aliphatic heterocycles. The number of aromatic nitrogens is 1. The van der Waals surface area contributed by atoms with Crippen LogP contribution in [0.15, 0.2) is 70.1 Å². The Bertz CT molecular complexity index is 1350. The number of hydrogen-bond donors (Lipinski definition) is 1. The number of fused-ring (bicyclic) bond motifs is 1. The van der Waals surface area contributed by atoms with E-state index in [9.17, 15) is 14.3 Å². The number of aliphatic hydroxyl groups is 1. The van der Waals surface area contributed by atoms with Crippen LogP contribution < -0.4 is 14.9 Å². The highest BCUT2D eigenvalue weighted by atomic mass is 19.1. The van der Waals surface area contributed by atoms with Gasteiger partial charge in [0.1, 0.15) is 48.1 Å². The zero-order valence-electron chi connectivity index (χ0n) is 19.1. The van der Waals surface area contributed by atoms with Gasteiger partial charge in [0.15, 0.2) is 5.43 Å². The molecule has 1 N–H and O–H groups in total. The number of benzene rings is 2. The molecule has 0 amide bonds. The average Bonchev–Trinajstić information content (AvgIpc) is 2.85. The van der Waals surface area contributed by atoms with E-state index >= 15 is 0 Å². The first-order valence-electron chi connectivity index (χ1n) is 11.0. The minimum Gasteiger partial charge on any atom is -0.489 e. The quantitative estimate of drug-likeness (QED) is 0.356. The van der Waals surface area contributed by atoms with E-state index < -0.39 is 6.67 Å². The molecule has 0 saturated carbocycles. The first-order chi connectivity index (χ1) is 16.5. The number of ether oxygens (including phenoxy) is 2. The topological polar surface area (TPSA) is 81.8 Å². The molecule has 0 bridgehead atoms.